The van der Waals surface area contributed by atoms with E-state index < -0.39 is 20.9 Å². The van der Waals surface area contributed by atoms with Gasteiger partial charge in [-0.05, 0) is 12.8 Å². The molecule has 0 aromatic carbocycles. The number of rotatable bonds is 3. The van der Waals surface area contributed by atoms with Crippen molar-refractivity contribution in [2.75, 3.05) is 6.26 Å². The number of ketones is 1. The van der Waals surface area contributed by atoms with Crippen molar-refractivity contribution in [1.82, 2.24) is 0 Å². The molecule has 0 saturated heterocycles. The van der Waals surface area contributed by atoms with E-state index >= 15 is 0 Å². The van der Waals surface area contributed by atoms with E-state index in [1.54, 1.807) is 6.07 Å². The first-order chi connectivity index (χ1) is 5.96. The second-order valence-corrected chi connectivity index (χ2v) is 5.50. The van der Waals surface area contributed by atoms with Gasteiger partial charge in [-0.2, -0.15) is 5.26 Å². The van der Waals surface area contributed by atoms with Crippen molar-refractivity contribution in [3.63, 3.8) is 0 Å². The molecule has 0 amide bonds. The van der Waals surface area contributed by atoms with E-state index in [1.807, 2.05) is 0 Å². The third kappa shape index (κ3) is 2.07. The summed E-state index contributed by atoms with van der Waals surface area (Å²) in [4.78, 5) is 11.4. The van der Waals surface area contributed by atoms with Crippen molar-refractivity contribution in [2.24, 2.45) is 5.92 Å². The fourth-order valence-electron chi connectivity index (χ4n) is 1.28. The van der Waals surface area contributed by atoms with Gasteiger partial charge < -0.3 is 0 Å². The molecule has 0 bridgehead atoms. The lowest BCUT2D eigenvalue weighted by molar-refractivity contribution is -0.123. The number of Topliss-reactive ketones (excluding diaryl/α,β-unsaturated/α-hetero) is 1. The molecule has 5 heteroatoms. The summed E-state index contributed by atoms with van der Waals surface area (Å²) in [6.45, 7) is 0. The van der Waals surface area contributed by atoms with Crippen molar-refractivity contribution in [3.05, 3.63) is 0 Å². The van der Waals surface area contributed by atoms with Crippen LogP contribution in [0.25, 0.3) is 0 Å². The Labute approximate surface area is 77.5 Å². The number of nitriles is 1. The largest absolute Gasteiger partial charge is 0.297 e. The second-order valence-electron chi connectivity index (χ2n) is 3.37. The van der Waals surface area contributed by atoms with Crippen LogP contribution in [0.4, 0.5) is 0 Å². The molecule has 72 valence electrons. The first-order valence-electron chi connectivity index (χ1n) is 4.09. The molecule has 1 atom stereocenters. The Morgan fingerprint density at radius 1 is 1.54 bits per heavy atom. The van der Waals surface area contributed by atoms with Crippen LogP contribution in [0, 0.1) is 17.2 Å². The highest BCUT2D eigenvalue weighted by atomic mass is 32.2. The van der Waals surface area contributed by atoms with Crippen LogP contribution < -0.4 is 0 Å². The molecule has 4 nitrogen and oxygen atoms in total. The van der Waals surface area contributed by atoms with Gasteiger partial charge in [-0.15, -0.1) is 0 Å². The standard InChI is InChI=1S/C8H11NO3S/c1-13(11,12)7(5-9)8(10)6-3-2-4-6/h6-7H,2-4H2,1H3. The molecule has 0 heterocycles. The first-order valence-corrected chi connectivity index (χ1v) is 6.04. The number of carbonyl (C=O) groups excluding carboxylic acids is 1. The molecule has 0 radical (unpaired) electrons. The van der Waals surface area contributed by atoms with Crippen LogP contribution in [0.3, 0.4) is 0 Å². The van der Waals surface area contributed by atoms with Gasteiger partial charge in [0.2, 0.25) is 5.25 Å². The van der Waals surface area contributed by atoms with Crippen LogP contribution in [-0.4, -0.2) is 25.7 Å². The molecule has 1 aliphatic carbocycles. The Hall–Kier alpha value is -0.890. The van der Waals surface area contributed by atoms with E-state index in [4.69, 9.17) is 5.26 Å². The molecule has 1 aliphatic rings. The molecule has 0 aliphatic heterocycles. The minimum atomic E-state index is -3.55. The van der Waals surface area contributed by atoms with Gasteiger partial charge in [0.1, 0.15) is 0 Å². The maximum Gasteiger partial charge on any atom is 0.205 e. The number of nitrogens with zero attached hydrogens (tertiary/aromatic N) is 1. The lowest BCUT2D eigenvalue weighted by Crippen LogP contribution is -2.36. The summed E-state index contributed by atoms with van der Waals surface area (Å²) in [6.07, 6.45) is 3.34. The van der Waals surface area contributed by atoms with Gasteiger partial charge >= 0.3 is 0 Å². The van der Waals surface area contributed by atoms with Crippen molar-refractivity contribution in [2.45, 2.75) is 24.5 Å². The minimum Gasteiger partial charge on any atom is -0.297 e. The Morgan fingerprint density at radius 3 is 2.31 bits per heavy atom. The van der Waals surface area contributed by atoms with Gasteiger partial charge in [0.25, 0.3) is 0 Å². The predicted octanol–water partition coefficient (Wildman–Crippen LogP) is 0.292. The molecule has 1 saturated carbocycles. The van der Waals surface area contributed by atoms with Gasteiger partial charge in [-0.3, -0.25) is 4.79 Å². The van der Waals surface area contributed by atoms with Crippen LogP contribution in [0.2, 0.25) is 0 Å². The number of hydrogen-bond acceptors (Lipinski definition) is 4. The van der Waals surface area contributed by atoms with E-state index in [9.17, 15) is 13.2 Å². The Balaban J connectivity index is 2.79. The number of carbonyl (C=O) groups is 1. The highest BCUT2D eigenvalue weighted by molar-refractivity contribution is 7.92. The monoisotopic (exact) mass is 201 g/mol. The zero-order valence-electron chi connectivity index (χ0n) is 7.36. The normalized spacial score (nSPS) is 20.0. The summed E-state index contributed by atoms with van der Waals surface area (Å²) >= 11 is 0. The highest BCUT2D eigenvalue weighted by Crippen LogP contribution is 2.29. The Kier molecular flexibility index (Phi) is 2.71. The fraction of sp³-hybridized carbons (Fsp3) is 0.750. The summed E-state index contributed by atoms with van der Waals surface area (Å²) in [7, 11) is -3.55. The Morgan fingerprint density at radius 2 is 2.08 bits per heavy atom. The minimum absolute atomic E-state index is 0.195. The Bertz CT molecular complexity index is 348. The van der Waals surface area contributed by atoms with Crippen LogP contribution in [0.15, 0.2) is 0 Å². The lowest BCUT2D eigenvalue weighted by Gasteiger charge is -2.24. The van der Waals surface area contributed by atoms with Crippen molar-refractivity contribution in [3.8, 4) is 6.07 Å². The predicted molar refractivity (Wildman–Crippen MR) is 46.6 cm³/mol. The molecule has 0 spiro atoms. The maximum absolute atomic E-state index is 11.4. The number of hydrogen-bond donors (Lipinski definition) is 0. The average molecular weight is 201 g/mol. The van der Waals surface area contributed by atoms with E-state index in [-0.39, 0.29) is 5.92 Å². The topological polar surface area (TPSA) is 75.0 Å². The summed E-state index contributed by atoms with van der Waals surface area (Å²) in [5, 5.41) is 7.10. The lowest BCUT2D eigenvalue weighted by atomic mass is 9.81. The molecule has 0 aromatic rings. The molecule has 13 heavy (non-hydrogen) atoms. The van der Waals surface area contributed by atoms with E-state index in [0.29, 0.717) is 0 Å². The summed E-state index contributed by atoms with van der Waals surface area (Å²) in [5.41, 5.74) is 0. The summed E-state index contributed by atoms with van der Waals surface area (Å²) in [6, 6.07) is 1.55. The van der Waals surface area contributed by atoms with Gasteiger partial charge in [-0.1, -0.05) is 6.42 Å². The molecule has 0 aromatic heterocycles. The third-order valence-corrected chi connectivity index (χ3v) is 3.51. The van der Waals surface area contributed by atoms with E-state index in [1.165, 1.54) is 0 Å². The molecular weight excluding hydrogens is 190 g/mol. The smallest absolute Gasteiger partial charge is 0.205 e. The molecular formula is C8H11NO3S. The fourth-order valence-corrected chi connectivity index (χ4v) is 2.08. The summed E-state index contributed by atoms with van der Waals surface area (Å²) < 4.78 is 22.0. The zero-order chi connectivity index (χ0) is 10.1. The second kappa shape index (κ2) is 3.46. The van der Waals surface area contributed by atoms with Gasteiger partial charge in [0, 0.05) is 12.2 Å². The molecule has 0 N–H and O–H groups in total. The molecule has 1 fully saturated rings. The van der Waals surface area contributed by atoms with Gasteiger partial charge in [0.05, 0.1) is 6.07 Å². The first kappa shape index (κ1) is 10.2. The van der Waals surface area contributed by atoms with Crippen molar-refractivity contribution >= 4 is 15.6 Å². The van der Waals surface area contributed by atoms with Crippen LogP contribution >= 0.6 is 0 Å². The quantitative estimate of drug-likeness (QED) is 0.657. The van der Waals surface area contributed by atoms with Crippen molar-refractivity contribution in [1.29, 1.82) is 5.26 Å². The molecule has 1 rings (SSSR count). The van der Waals surface area contributed by atoms with Crippen LogP contribution in [0.1, 0.15) is 19.3 Å². The maximum atomic E-state index is 11.4. The average Bonchev–Trinajstić information content (AvgIpc) is 1.80. The summed E-state index contributed by atoms with van der Waals surface area (Å²) in [5.74, 6) is -0.615. The van der Waals surface area contributed by atoms with Gasteiger partial charge in [-0.25, -0.2) is 8.42 Å². The van der Waals surface area contributed by atoms with Crippen LogP contribution in [-0.2, 0) is 14.6 Å². The molecule has 1 unspecified atom stereocenters. The van der Waals surface area contributed by atoms with Crippen LogP contribution in [0.5, 0.6) is 0 Å². The zero-order valence-corrected chi connectivity index (χ0v) is 8.17. The van der Waals surface area contributed by atoms with E-state index in [0.717, 1.165) is 25.5 Å². The van der Waals surface area contributed by atoms with Crippen molar-refractivity contribution < 1.29 is 13.2 Å². The highest BCUT2D eigenvalue weighted by Gasteiger charge is 2.36. The number of sulfone groups is 1. The van der Waals surface area contributed by atoms with E-state index in [2.05, 4.69) is 0 Å². The third-order valence-electron chi connectivity index (χ3n) is 2.31. The SMILES string of the molecule is CS(=O)(=O)C(C#N)C(=O)C1CCC1. The van der Waals surface area contributed by atoms with Gasteiger partial charge in [0.15, 0.2) is 15.6 Å².